The Bertz CT molecular complexity index is 419. The molecule has 94 valence electrons. The minimum absolute atomic E-state index is 0.214. The molecule has 0 unspecified atom stereocenters. The molecule has 0 spiro atoms. The molecule has 1 aliphatic rings. The van der Waals surface area contributed by atoms with Crippen LogP contribution in [0.25, 0.3) is 0 Å². The fraction of sp³-hybridized carbons (Fsp3) is 0.700. The van der Waals surface area contributed by atoms with Crippen LogP contribution in [0.2, 0.25) is 0 Å². The van der Waals surface area contributed by atoms with Crippen molar-refractivity contribution in [3.8, 4) is 0 Å². The highest BCUT2D eigenvalue weighted by Crippen LogP contribution is 2.27. The van der Waals surface area contributed by atoms with Crippen molar-refractivity contribution in [2.75, 3.05) is 26.2 Å². The van der Waals surface area contributed by atoms with Gasteiger partial charge in [-0.1, -0.05) is 5.16 Å². The van der Waals surface area contributed by atoms with Crippen LogP contribution in [0, 0.1) is 6.92 Å². The predicted octanol–water partition coefficient (Wildman–Crippen LogP) is -0.589. The summed E-state index contributed by atoms with van der Waals surface area (Å²) in [4.78, 5) is 17.0. The van der Waals surface area contributed by atoms with E-state index in [0.29, 0.717) is 31.4 Å². The monoisotopic (exact) mass is 240 g/mol. The molecule has 2 rings (SSSR count). The van der Waals surface area contributed by atoms with Crippen LogP contribution in [0.3, 0.4) is 0 Å². The van der Waals surface area contributed by atoms with Crippen molar-refractivity contribution in [1.29, 1.82) is 0 Å². The number of carbonyl (C=O) groups excluding carboxylic acids is 1. The maximum absolute atomic E-state index is 10.9. The number of nitrogens with zero attached hydrogens (tertiary/aromatic N) is 3. The van der Waals surface area contributed by atoms with E-state index in [0.717, 1.165) is 0 Å². The molecular formula is C10H16N4O3. The number of aromatic nitrogens is 2. The van der Waals surface area contributed by atoms with Crippen molar-refractivity contribution in [3.05, 3.63) is 11.7 Å². The van der Waals surface area contributed by atoms with Gasteiger partial charge in [0.15, 0.2) is 11.4 Å². The number of nitrogens with two attached hydrogens (primary N) is 1. The molecule has 2 N–H and O–H groups in total. The second-order valence-corrected chi connectivity index (χ2v) is 4.40. The summed E-state index contributed by atoms with van der Waals surface area (Å²) in [7, 11) is 0. The fourth-order valence-corrected chi connectivity index (χ4v) is 1.95. The van der Waals surface area contributed by atoms with E-state index in [1.54, 1.807) is 6.92 Å². The molecule has 1 saturated heterocycles. The standard InChI is InChI=1S/C10H16N4O3/c1-7-12-9(17-13-7)10(2)6-14(3-4-16-10)5-8(11)15/h3-6H2,1-2H3,(H2,11,15)/t10-/m0/s1. The number of aryl methyl sites for hydroxylation is 1. The first-order chi connectivity index (χ1) is 7.99. The lowest BCUT2D eigenvalue weighted by molar-refractivity contribution is -0.132. The zero-order chi connectivity index (χ0) is 12.5. The molecule has 0 radical (unpaired) electrons. The van der Waals surface area contributed by atoms with Crippen molar-refractivity contribution < 1.29 is 14.1 Å². The van der Waals surface area contributed by atoms with Gasteiger partial charge in [-0.2, -0.15) is 4.98 Å². The van der Waals surface area contributed by atoms with Crippen molar-refractivity contribution >= 4 is 5.91 Å². The Morgan fingerprint density at radius 1 is 1.65 bits per heavy atom. The van der Waals surface area contributed by atoms with Crippen molar-refractivity contribution in [2.45, 2.75) is 19.4 Å². The van der Waals surface area contributed by atoms with E-state index < -0.39 is 5.60 Å². The van der Waals surface area contributed by atoms with Gasteiger partial charge >= 0.3 is 0 Å². The van der Waals surface area contributed by atoms with Gasteiger partial charge in [0.2, 0.25) is 5.91 Å². The number of ether oxygens (including phenoxy) is 1. The number of hydrogen-bond acceptors (Lipinski definition) is 6. The Hall–Kier alpha value is -1.47. The third-order valence-electron chi connectivity index (χ3n) is 2.71. The normalized spacial score (nSPS) is 26.0. The molecule has 0 aliphatic carbocycles. The quantitative estimate of drug-likeness (QED) is 0.759. The molecule has 0 aromatic carbocycles. The van der Waals surface area contributed by atoms with Crippen LogP contribution in [0.4, 0.5) is 0 Å². The first-order valence-electron chi connectivity index (χ1n) is 5.45. The molecule has 1 atom stereocenters. The summed E-state index contributed by atoms with van der Waals surface area (Å²) in [5.41, 5.74) is 4.51. The van der Waals surface area contributed by atoms with Crippen LogP contribution in [0.15, 0.2) is 4.52 Å². The first kappa shape index (κ1) is 12.0. The number of carbonyl (C=O) groups is 1. The van der Waals surface area contributed by atoms with Gasteiger partial charge in [0.05, 0.1) is 13.2 Å². The molecule has 7 nitrogen and oxygen atoms in total. The van der Waals surface area contributed by atoms with Gasteiger partial charge in [0.1, 0.15) is 0 Å². The van der Waals surface area contributed by atoms with Gasteiger partial charge in [0, 0.05) is 13.1 Å². The highest BCUT2D eigenvalue weighted by Gasteiger charge is 2.39. The highest BCUT2D eigenvalue weighted by atomic mass is 16.5. The molecule has 17 heavy (non-hydrogen) atoms. The highest BCUT2D eigenvalue weighted by molar-refractivity contribution is 5.75. The zero-order valence-electron chi connectivity index (χ0n) is 9.97. The Morgan fingerprint density at radius 3 is 3.00 bits per heavy atom. The SMILES string of the molecule is Cc1noc([C@]2(C)CN(CC(N)=O)CCO2)n1. The van der Waals surface area contributed by atoms with E-state index in [2.05, 4.69) is 10.1 Å². The molecule has 1 aromatic rings. The van der Waals surface area contributed by atoms with E-state index in [9.17, 15) is 4.79 Å². The lowest BCUT2D eigenvalue weighted by Crippen LogP contribution is -2.50. The summed E-state index contributed by atoms with van der Waals surface area (Å²) in [5, 5.41) is 3.75. The van der Waals surface area contributed by atoms with Crippen molar-refractivity contribution in [3.63, 3.8) is 0 Å². The second-order valence-electron chi connectivity index (χ2n) is 4.40. The molecule has 1 amide bonds. The van der Waals surface area contributed by atoms with Crippen LogP contribution in [-0.2, 0) is 15.1 Å². The average Bonchev–Trinajstić information content (AvgIpc) is 2.64. The van der Waals surface area contributed by atoms with E-state index in [1.165, 1.54) is 0 Å². The number of morpholine rings is 1. The van der Waals surface area contributed by atoms with Crippen LogP contribution >= 0.6 is 0 Å². The lowest BCUT2D eigenvalue weighted by Gasteiger charge is -2.37. The Balaban J connectivity index is 2.12. The molecule has 1 fully saturated rings. The molecular weight excluding hydrogens is 224 g/mol. The minimum atomic E-state index is -0.672. The molecule has 0 bridgehead atoms. The summed E-state index contributed by atoms with van der Waals surface area (Å²) in [6, 6.07) is 0. The summed E-state index contributed by atoms with van der Waals surface area (Å²) in [6.45, 7) is 5.52. The molecule has 2 heterocycles. The van der Waals surface area contributed by atoms with Crippen molar-refractivity contribution in [2.24, 2.45) is 5.73 Å². The summed E-state index contributed by atoms with van der Waals surface area (Å²) in [6.07, 6.45) is 0. The Kier molecular flexibility index (Phi) is 3.12. The maximum Gasteiger partial charge on any atom is 0.259 e. The Labute approximate surface area is 98.9 Å². The maximum atomic E-state index is 10.9. The van der Waals surface area contributed by atoms with E-state index in [1.807, 2.05) is 11.8 Å². The summed E-state index contributed by atoms with van der Waals surface area (Å²) < 4.78 is 10.8. The fourth-order valence-electron chi connectivity index (χ4n) is 1.95. The van der Waals surface area contributed by atoms with Crippen LogP contribution in [0.1, 0.15) is 18.6 Å². The van der Waals surface area contributed by atoms with Gasteiger partial charge in [-0.3, -0.25) is 9.69 Å². The number of rotatable bonds is 3. The first-order valence-corrected chi connectivity index (χ1v) is 5.45. The number of hydrogen-bond donors (Lipinski definition) is 1. The number of amides is 1. The summed E-state index contributed by atoms with van der Waals surface area (Å²) in [5.74, 6) is 0.650. The molecule has 1 aromatic heterocycles. The second kappa shape index (κ2) is 4.42. The number of primary amides is 1. The predicted molar refractivity (Wildman–Crippen MR) is 58.0 cm³/mol. The van der Waals surface area contributed by atoms with Crippen molar-refractivity contribution in [1.82, 2.24) is 15.0 Å². The van der Waals surface area contributed by atoms with E-state index in [-0.39, 0.29) is 12.5 Å². The van der Waals surface area contributed by atoms with Gasteiger partial charge < -0.3 is 15.0 Å². The van der Waals surface area contributed by atoms with E-state index >= 15 is 0 Å². The topological polar surface area (TPSA) is 94.5 Å². The van der Waals surface area contributed by atoms with Crippen LogP contribution in [0.5, 0.6) is 0 Å². The van der Waals surface area contributed by atoms with E-state index in [4.69, 9.17) is 15.0 Å². The molecule has 1 aliphatic heterocycles. The van der Waals surface area contributed by atoms with Gasteiger partial charge in [0.25, 0.3) is 5.89 Å². The zero-order valence-corrected chi connectivity index (χ0v) is 9.97. The third kappa shape index (κ3) is 2.62. The van der Waals surface area contributed by atoms with Gasteiger partial charge in [-0.25, -0.2) is 0 Å². The molecule has 0 saturated carbocycles. The van der Waals surface area contributed by atoms with Gasteiger partial charge in [-0.15, -0.1) is 0 Å². The van der Waals surface area contributed by atoms with Gasteiger partial charge in [-0.05, 0) is 13.8 Å². The summed E-state index contributed by atoms with van der Waals surface area (Å²) >= 11 is 0. The smallest absolute Gasteiger partial charge is 0.259 e. The lowest BCUT2D eigenvalue weighted by atomic mass is 10.0. The van der Waals surface area contributed by atoms with Crippen LogP contribution in [-0.4, -0.2) is 47.2 Å². The average molecular weight is 240 g/mol. The largest absolute Gasteiger partial charge is 0.369 e. The Morgan fingerprint density at radius 2 is 2.41 bits per heavy atom. The van der Waals surface area contributed by atoms with Crippen LogP contribution < -0.4 is 5.73 Å². The minimum Gasteiger partial charge on any atom is -0.369 e. The molecule has 7 heteroatoms. The third-order valence-corrected chi connectivity index (χ3v) is 2.71.